The van der Waals surface area contributed by atoms with E-state index >= 15 is 0 Å². The van der Waals surface area contributed by atoms with Gasteiger partial charge in [-0.1, -0.05) is 5.92 Å². The molecule has 0 aromatic rings. The first-order chi connectivity index (χ1) is 4.98. The van der Waals surface area contributed by atoms with Crippen molar-refractivity contribution in [3.05, 3.63) is 0 Å². The molecule has 0 rings (SSSR count). The van der Waals surface area contributed by atoms with Crippen molar-refractivity contribution in [3.8, 4) is 12.0 Å². The van der Waals surface area contributed by atoms with Gasteiger partial charge in [-0.2, -0.15) is 13.2 Å². The molecular weight excluding hydrogens is 161 g/mol. The number of rotatable bonds is 1. The number of halogens is 3. The third-order valence-corrected chi connectivity index (χ3v) is 0.697. The number of hydrogen-bond acceptors (Lipinski definition) is 2. The first-order valence-corrected chi connectivity index (χ1v) is 2.52. The highest BCUT2D eigenvalue weighted by molar-refractivity contribution is 5.81. The predicted molar refractivity (Wildman–Crippen MR) is 31.0 cm³/mol. The fraction of sp³-hybridized carbons (Fsp3) is 0.400. The molecule has 3 N–H and O–H groups in total. The van der Waals surface area contributed by atoms with Gasteiger partial charge in [0.15, 0.2) is 0 Å². The highest BCUT2D eigenvalue weighted by atomic mass is 19.4. The number of carbonyl (C=O) groups excluding carboxylic acids is 1. The van der Waals surface area contributed by atoms with Gasteiger partial charge in [0.2, 0.25) is 0 Å². The molecule has 0 saturated heterocycles. The second-order valence-electron chi connectivity index (χ2n) is 1.50. The zero-order valence-corrected chi connectivity index (χ0v) is 5.33. The van der Waals surface area contributed by atoms with Gasteiger partial charge in [0.25, 0.3) is 0 Å². The van der Waals surface area contributed by atoms with E-state index in [2.05, 4.69) is 5.73 Å². The zero-order chi connectivity index (χ0) is 8.91. The minimum absolute atomic E-state index is 0.394. The van der Waals surface area contributed by atoms with Crippen LogP contribution in [-0.4, -0.2) is 18.6 Å². The van der Waals surface area contributed by atoms with Crippen LogP contribution in [0.4, 0.5) is 13.2 Å². The Morgan fingerprint density at radius 2 is 2.09 bits per heavy atom. The Morgan fingerprint density at radius 1 is 1.55 bits per heavy atom. The maximum atomic E-state index is 11.4. The summed E-state index contributed by atoms with van der Waals surface area (Å²) in [5.74, 6) is 0.0334. The van der Waals surface area contributed by atoms with Crippen molar-refractivity contribution in [3.63, 3.8) is 0 Å². The van der Waals surface area contributed by atoms with Crippen molar-refractivity contribution in [2.24, 2.45) is 5.73 Å². The molecule has 0 atom stereocenters. The van der Waals surface area contributed by atoms with Gasteiger partial charge in [-0.3, -0.25) is 4.79 Å². The van der Waals surface area contributed by atoms with Crippen molar-refractivity contribution in [2.45, 2.75) is 6.18 Å². The highest BCUT2D eigenvalue weighted by Crippen LogP contribution is 2.13. The molecule has 11 heavy (non-hydrogen) atoms. The molecular formula is C5H5F3N2O. The monoisotopic (exact) mass is 166 g/mol. The summed E-state index contributed by atoms with van der Waals surface area (Å²) in [6.07, 6.45) is -4.85. The lowest BCUT2D eigenvalue weighted by Crippen LogP contribution is -2.36. The third kappa shape index (κ3) is 4.08. The van der Waals surface area contributed by atoms with E-state index in [9.17, 15) is 18.0 Å². The fourth-order valence-electron chi connectivity index (χ4n) is 0.276. The average Bonchev–Trinajstić information content (AvgIpc) is 1.86. The van der Waals surface area contributed by atoms with E-state index in [1.54, 1.807) is 0 Å². The largest absolute Gasteiger partial charge is 0.471 e. The molecule has 0 heterocycles. The summed E-state index contributed by atoms with van der Waals surface area (Å²) in [7, 11) is 0. The van der Waals surface area contributed by atoms with Crippen LogP contribution in [0.25, 0.3) is 0 Å². The van der Waals surface area contributed by atoms with Gasteiger partial charge in [-0.25, -0.2) is 0 Å². The number of amides is 1. The van der Waals surface area contributed by atoms with Crippen LogP contribution >= 0.6 is 0 Å². The smallest absolute Gasteiger partial charge is 0.359 e. The van der Waals surface area contributed by atoms with Crippen molar-refractivity contribution >= 4 is 5.91 Å². The lowest BCUT2D eigenvalue weighted by molar-refractivity contribution is -0.173. The summed E-state index contributed by atoms with van der Waals surface area (Å²) in [5, 5.41) is 1.51. The summed E-state index contributed by atoms with van der Waals surface area (Å²) in [6.45, 7) is -0.394. The second kappa shape index (κ2) is 3.71. The molecule has 62 valence electrons. The quantitative estimate of drug-likeness (QED) is 0.410. The molecule has 3 nitrogen and oxygen atoms in total. The van der Waals surface area contributed by atoms with E-state index < -0.39 is 18.6 Å². The van der Waals surface area contributed by atoms with Gasteiger partial charge in [0.1, 0.15) is 0 Å². The summed E-state index contributed by atoms with van der Waals surface area (Å²) in [5.41, 5.74) is 4.63. The minimum atomic E-state index is -4.85. The molecule has 0 aliphatic rings. The van der Waals surface area contributed by atoms with Gasteiger partial charge < -0.3 is 11.1 Å². The molecule has 0 aromatic carbocycles. The standard InChI is InChI=1S/C5H5F3N2O/c6-5(7,8)4(11)10-3-1-2-9/h3,9H2,(H,10,11). The van der Waals surface area contributed by atoms with Crippen molar-refractivity contribution in [2.75, 3.05) is 6.54 Å². The first kappa shape index (κ1) is 9.62. The van der Waals surface area contributed by atoms with E-state index in [1.165, 1.54) is 5.32 Å². The van der Waals surface area contributed by atoms with Crippen LogP contribution in [0.1, 0.15) is 0 Å². The molecule has 0 fully saturated rings. The molecule has 0 unspecified atom stereocenters. The molecule has 0 radical (unpaired) electrons. The van der Waals surface area contributed by atoms with Crippen molar-refractivity contribution < 1.29 is 18.0 Å². The zero-order valence-electron chi connectivity index (χ0n) is 5.33. The Morgan fingerprint density at radius 3 is 2.45 bits per heavy atom. The van der Waals surface area contributed by atoms with E-state index in [1.807, 2.05) is 12.0 Å². The van der Waals surface area contributed by atoms with Crippen molar-refractivity contribution in [1.29, 1.82) is 0 Å². The Hall–Kier alpha value is -1.38. The van der Waals surface area contributed by atoms with E-state index in [4.69, 9.17) is 0 Å². The Balaban J connectivity index is 3.77. The van der Waals surface area contributed by atoms with Gasteiger partial charge in [0.05, 0.1) is 6.54 Å². The van der Waals surface area contributed by atoms with Gasteiger partial charge in [0, 0.05) is 6.04 Å². The number of hydrogen-bond donors (Lipinski definition) is 2. The van der Waals surface area contributed by atoms with E-state index in [-0.39, 0.29) is 0 Å². The third-order valence-electron chi connectivity index (χ3n) is 0.697. The topological polar surface area (TPSA) is 55.1 Å². The van der Waals surface area contributed by atoms with Crippen LogP contribution in [0.15, 0.2) is 0 Å². The van der Waals surface area contributed by atoms with Crippen LogP contribution in [0.2, 0.25) is 0 Å². The molecule has 6 heteroatoms. The lowest BCUT2D eigenvalue weighted by atomic mass is 10.5. The number of nitrogens with one attached hydrogen (secondary N) is 1. The molecule has 0 aliphatic heterocycles. The molecule has 0 spiro atoms. The molecule has 0 aliphatic carbocycles. The number of alkyl halides is 3. The maximum Gasteiger partial charge on any atom is 0.471 e. The van der Waals surface area contributed by atoms with E-state index in [0.717, 1.165) is 0 Å². The predicted octanol–water partition coefficient (Wildman–Crippen LogP) is -0.416. The van der Waals surface area contributed by atoms with Crippen molar-refractivity contribution in [1.82, 2.24) is 5.32 Å². The fourth-order valence-corrected chi connectivity index (χ4v) is 0.276. The second-order valence-corrected chi connectivity index (χ2v) is 1.50. The Kier molecular flexibility index (Phi) is 3.24. The number of nitrogens with two attached hydrogens (primary N) is 1. The lowest BCUT2D eigenvalue weighted by Gasteiger charge is -2.03. The Bertz CT molecular complexity index is 200. The van der Waals surface area contributed by atoms with Crippen LogP contribution in [0, 0.1) is 12.0 Å². The highest BCUT2D eigenvalue weighted by Gasteiger charge is 2.37. The first-order valence-electron chi connectivity index (χ1n) is 2.52. The van der Waals surface area contributed by atoms with Gasteiger partial charge >= 0.3 is 12.1 Å². The average molecular weight is 166 g/mol. The van der Waals surface area contributed by atoms with Gasteiger partial charge in [-0.15, -0.1) is 0 Å². The SMILES string of the molecule is NC#CCNC(=O)C(F)(F)F. The minimum Gasteiger partial charge on any atom is -0.359 e. The molecule has 0 bridgehead atoms. The molecule has 0 aromatic heterocycles. The maximum absolute atomic E-state index is 11.4. The number of carbonyl (C=O) groups is 1. The normalized spacial score (nSPS) is 9.73. The summed E-state index contributed by atoms with van der Waals surface area (Å²) in [6, 6.07) is 1.84. The molecule has 0 saturated carbocycles. The van der Waals surface area contributed by atoms with Crippen LogP contribution in [0.5, 0.6) is 0 Å². The van der Waals surface area contributed by atoms with E-state index in [0.29, 0.717) is 0 Å². The van der Waals surface area contributed by atoms with Crippen LogP contribution < -0.4 is 11.1 Å². The Labute approximate surface area is 60.7 Å². The van der Waals surface area contributed by atoms with Crippen LogP contribution in [0.3, 0.4) is 0 Å². The molecule has 1 amide bonds. The van der Waals surface area contributed by atoms with Gasteiger partial charge in [-0.05, 0) is 0 Å². The summed E-state index contributed by atoms with van der Waals surface area (Å²) < 4.78 is 34.2. The van der Waals surface area contributed by atoms with Crippen LogP contribution in [-0.2, 0) is 4.79 Å². The summed E-state index contributed by atoms with van der Waals surface area (Å²) >= 11 is 0. The summed E-state index contributed by atoms with van der Waals surface area (Å²) in [4.78, 5) is 9.99.